The van der Waals surface area contributed by atoms with Gasteiger partial charge in [0.1, 0.15) is 18.1 Å². The molecule has 20 heavy (non-hydrogen) atoms. The molecule has 0 radical (unpaired) electrons. The highest BCUT2D eigenvalue weighted by molar-refractivity contribution is 6.00. The third-order valence-corrected chi connectivity index (χ3v) is 4.18. The maximum atomic E-state index is 12.8. The van der Waals surface area contributed by atoms with Gasteiger partial charge in [-0.15, -0.1) is 0 Å². The lowest BCUT2D eigenvalue weighted by molar-refractivity contribution is -0.184. The average molecular weight is 292 g/mol. The van der Waals surface area contributed by atoms with Crippen molar-refractivity contribution < 1.29 is 22.8 Å². The molecule has 1 saturated heterocycles. The molecule has 4 nitrogen and oxygen atoms in total. The van der Waals surface area contributed by atoms with Crippen LogP contribution >= 0.6 is 0 Å². The fourth-order valence-corrected chi connectivity index (χ4v) is 2.86. The molecule has 0 bridgehead atoms. The number of alkyl halides is 3. The van der Waals surface area contributed by atoms with Crippen molar-refractivity contribution in [2.45, 2.75) is 57.3 Å². The molecule has 1 aliphatic heterocycles. The highest BCUT2D eigenvalue weighted by Gasteiger charge is 2.58. The summed E-state index contributed by atoms with van der Waals surface area (Å²) in [5.41, 5.74) is -1.36. The number of hydrogen-bond donors (Lipinski definition) is 1. The van der Waals surface area contributed by atoms with Gasteiger partial charge < -0.3 is 10.2 Å². The quantitative estimate of drug-likeness (QED) is 0.859. The van der Waals surface area contributed by atoms with Gasteiger partial charge in [-0.25, -0.2) is 0 Å². The summed E-state index contributed by atoms with van der Waals surface area (Å²) < 4.78 is 38.3. The number of rotatable bonds is 4. The predicted octanol–water partition coefficient (Wildman–Crippen LogP) is 1.84. The Morgan fingerprint density at radius 2 is 1.95 bits per heavy atom. The van der Waals surface area contributed by atoms with Crippen LogP contribution in [-0.4, -0.2) is 41.0 Å². The first-order chi connectivity index (χ1) is 9.20. The van der Waals surface area contributed by atoms with Gasteiger partial charge in [0.25, 0.3) is 0 Å². The number of carbonyl (C=O) groups excluding carboxylic acids is 2. The molecular formula is C13H19F3N2O2. The SMILES string of the molecule is CCCC1NC(=O)C(C)(C2CC2)N(CC(F)(F)F)C1=O. The summed E-state index contributed by atoms with van der Waals surface area (Å²) in [5, 5.41) is 2.60. The van der Waals surface area contributed by atoms with Crippen LogP contribution in [0.4, 0.5) is 13.2 Å². The van der Waals surface area contributed by atoms with Gasteiger partial charge >= 0.3 is 6.18 Å². The maximum absolute atomic E-state index is 12.8. The number of nitrogens with one attached hydrogen (secondary N) is 1. The first-order valence-electron chi connectivity index (χ1n) is 6.89. The van der Waals surface area contributed by atoms with Crippen LogP contribution in [0.15, 0.2) is 0 Å². The van der Waals surface area contributed by atoms with Crippen molar-refractivity contribution in [2.24, 2.45) is 5.92 Å². The molecule has 1 heterocycles. The lowest BCUT2D eigenvalue weighted by atomic mass is 9.87. The van der Waals surface area contributed by atoms with Crippen LogP contribution in [0.25, 0.3) is 0 Å². The molecule has 0 aromatic rings. The molecule has 2 atom stereocenters. The monoisotopic (exact) mass is 292 g/mol. The van der Waals surface area contributed by atoms with Crippen LogP contribution < -0.4 is 5.32 Å². The second-order valence-corrected chi connectivity index (χ2v) is 5.78. The molecule has 2 fully saturated rings. The summed E-state index contributed by atoms with van der Waals surface area (Å²) in [7, 11) is 0. The van der Waals surface area contributed by atoms with Gasteiger partial charge in [-0.05, 0) is 32.1 Å². The van der Waals surface area contributed by atoms with E-state index >= 15 is 0 Å². The predicted molar refractivity (Wildman–Crippen MR) is 65.7 cm³/mol. The minimum atomic E-state index is -4.50. The van der Waals surface area contributed by atoms with Gasteiger partial charge in [-0.1, -0.05) is 13.3 Å². The van der Waals surface area contributed by atoms with Gasteiger partial charge in [-0.2, -0.15) is 13.2 Å². The molecule has 1 saturated carbocycles. The Kier molecular flexibility index (Phi) is 3.73. The summed E-state index contributed by atoms with van der Waals surface area (Å²) >= 11 is 0. The number of hydrogen-bond acceptors (Lipinski definition) is 2. The number of carbonyl (C=O) groups is 2. The fraction of sp³-hybridized carbons (Fsp3) is 0.846. The maximum Gasteiger partial charge on any atom is 0.406 e. The number of halogens is 3. The van der Waals surface area contributed by atoms with Crippen molar-refractivity contribution >= 4 is 11.8 Å². The third-order valence-electron chi connectivity index (χ3n) is 4.18. The van der Waals surface area contributed by atoms with Gasteiger partial charge in [0.15, 0.2) is 0 Å². The van der Waals surface area contributed by atoms with E-state index in [4.69, 9.17) is 0 Å². The molecule has 114 valence electrons. The Labute approximate surface area is 115 Å². The Balaban J connectivity index is 2.31. The minimum absolute atomic E-state index is 0.170. The van der Waals surface area contributed by atoms with Crippen LogP contribution in [0.2, 0.25) is 0 Å². The molecular weight excluding hydrogens is 273 g/mol. The second kappa shape index (κ2) is 4.93. The highest BCUT2D eigenvalue weighted by Crippen LogP contribution is 2.45. The van der Waals surface area contributed by atoms with E-state index in [0.29, 0.717) is 25.7 Å². The highest BCUT2D eigenvalue weighted by atomic mass is 19.4. The summed E-state index contributed by atoms with van der Waals surface area (Å²) in [6.07, 6.45) is -2.15. The molecule has 1 N–H and O–H groups in total. The first-order valence-corrected chi connectivity index (χ1v) is 6.89. The van der Waals surface area contributed by atoms with E-state index in [1.807, 2.05) is 6.92 Å². The molecule has 0 spiro atoms. The van der Waals surface area contributed by atoms with Gasteiger partial charge in [0, 0.05) is 0 Å². The molecule has 0 aromatic carbocycles. The van der Waals surface area contributed by atoms with Crippen LogP contribution in [-0.2, 0) is 9.59 Å². The fourth-order valence-electron chi connectivity index (χ4n) is 2.86. The van der Waals surface area contributed by atoms with Crippen molar-refractivity contribution in [1.29, 1.82) is 0 Å². The number of nitrogens with zero attached hydrogens (tertiary/aromatic N) is 1. The van der Waals surface area contributed by atoms with E-state index in [2.05, 4.69) is 5.32 Å². The molecule has 1 aliphatic carbocycles. The normalized spacial score (nSPS) is 31.4. The van der Waals surface area contributed by atoms with E-state index in [0.717, 1.165) is 4.90 Å². The van der Waals surface area contributed by atoms with E-state index in [1.165, 1.54) is 6.92 Å². The van der Waals surface area contributed by atoms with E-state index in [-0.39, 0.29) is 5.92 Å². The minimum Gasteiger partial charge on any atom is -0.342 e. The molecule has 0 aromatic heterocycles. The van der Waals surface area contributed by atoms with Crippen molar-refractivity contribution in [2.75, 3.05) is 6.54 Å². The van der Waals surface area contributed by atoms with Crippen molar-refractivity contribution in [3.05, 3.63) is 0 Å². The Hall–Kier alpha value is -1.27. The van der Waals surface area contributed by atoms with Crippen LogP contribution in [0, 0.1) is 5.92 Å². The van der Waals surface area contributed by atoms with E-state index in [1.54, 1.807) is 0 Å². The first kappa shape index (κ1) is 15.1. The summed E-state index contributed by atoms with van der Waals surface area (Å²) in [6, 6.07) is -0.832. The largest absolute Gasteiger partial charge is 0.406 e. The van der Waals surface area contributed by atoms with E-state index in [9.17, 15) is 22.8 Å². The number of amides is 2. The zero-order valence-corrected chi connectivity index (χ0v) is 11.6. The van der Waals surface area contributed by atoms with Gasteiger partial charge in [0.2, 0.25) is 11.8 Å². The van der Waals surface area contributed by atoms with E-state index < -0.39 is 36.1 Å². The zero-order chi connectivity index (χ0) is 15.1. The standard InChI is InChI=1S/C13H19F3N2O2/c1-3-4-9-10(19)18(7-13(14,15)16)12(2,8-5-6-8)11(20)17-9/h8-9H,3-7H2,1-2H3,(H,17,20). The summed E-state index contributed by atoms with van der Waals surface area (Å²) in [5.74, 6) is -1.24. The zero-order valence-electron chi connectivity index (χ0n) is 11.6. The van der Waals surface area contributed by atoms with Gasteiger partial charge in [0.05, 0.1) is 0 Å². The van der Waals surface area contributed by atoms with Gasteiger partial charge in [-0.3, -0.25) is 9.59 Å². The molecule has 2 amide bonds. The van der Waals surface area contributed by atoms with Crippen LogP contribution in [0.5, 0.6) is 0 Å². The molecule has 2 unspecified atom stereocenters. The smallest absolute Gasteiger partial charge is 0.342 e. The molecule has 2 rings (SSSR count). The Morgan fingerprint density at radius 1 is 1.35 bits per heavy atom. The molecule has 7 heteroatoms. The van der Waals surface area contributed by atoms with Crippen molar-refractivity contribution in [3.8, 4) is 0 Å². The summed E-state index contributed by atoms with van der Waals surface area (Å²) in [6.45, 7) is 1.92. The van der Waals surface area contributed by atoms with Crippen molar-refractivity contribution in [1.82, 2.24) is 10.2 Å². The number of piperazine rings is 1. The Bertz CT molecular complexity index is 420. The molecule has 2 aliphatic rings. The average Bonchev–Trinajstić information content (AvgIpc) is 3.15. The van der Waals surface area contributed by atoms with Crippen LogP contribution in [0.3, 0.4) is 0 Å². The van der Waals surface area contributed by atoms with Crippen LogP contribution in [0.1, 0.15) is 39.5 Å². The topological polar surface area (TPSA) is 49.4 Å². The van der Waals surface area contributed by atoms with Crippen molar-refractivity contribution in [3.63, 3.8) is 0 Å². The lowest BCUT2D eigenvalue weighted by Gasteiger charge is -2.46. The Morgan fingerprint density at radius 3 is 2.40 bits per heavy atom. The summed E-state index contributed by atoms with van der Waals surface area (Å²) in [4.78, 5) is 25.3. The second-order valence-electron chi connectivity index (χ2n) is 5.78. The lowest BCUT2D eigenvalue weighted by Crippen LogP contribution is -2.71. The third kappa shape index (κ3) is 2.62.